The first kappa shape index (κ1) is 18.6. The van der Waals surface area contributed by atoms with Gasteiger partial charge in [-0.25, -0.2) is 4.39 Å². The topological polar surface area (TPSA) is 77.3 Å². The molecule has 1 heterocycles. The standard InChI is InChI=1S/C20H20FN3O3/c1-12(2)17(22-19(25)15-9-4-5-10-16(15)21)20-23-18(24-27-20)13-7-6-8-14(11-13)26-3/h4-12,17H,1-3H3,(H,22,25)/t17-/m0/s1. The molecular weight excluding hydrogens is 349 g/mol. The number of halogens is 1. The second kappa shape index (κ2) is 7.99. The zero-order chi connectivity index (χ0) is 19.4. The Kier molecular flexibility index (Phi) is 5.49. The number of benzene rings is 2. The molecule has 1 atom stereocenters. The molecule has 3 rings (SSSR count). The first-order valence-electron chi connectivity index (χ1n) is 8.53. The predicted octanol–water partition coefficient (Wildman–Crippen LogP) is 4.01. The molecule has 7 heteroatoms. The number of methoxy groups -OCH3 is 1. The normalized spacial score (nSPS) is 12.0. The zero-order valence-corrected chi connectivity index (χ0v) is 15.3. The highest BCUT2D eigenvalue weighted by atomic mass is 19.1. The number of rotatable bonds is 6. The van der Waals surface area contributed by atoms with E-state index in [2.05, 4.69) is 15.5 Å². The van der Waals surface area contributed by atoms with Crippen molar-refractivity contribution in [1.82, 2.24) is 15.5 Å². The molecule has 0 aliphatic rings. The van der Waals surface area contributed by atoms with Gasteiger partial charge in [0.15, 0.2) is 0 Å². The largest absolute Gasteiger partial charge is 0.497 e. The number of amides is 1. The third-order valence-corrected chi connectivity index (χ3v) is 4.11. The second-order valence-corrected chi connectivity index (χ2v) is 6.36. The minimum atomic E-state index is -0.583. The lowest BCUT2D eigenvalue weighted by Crippen LogP contribution is -2.32. The van der Waals surface area contributed by atoms with Gasteiger partial charge in [0.2, 0.25) is 11.7 Å². The van der Waals surface area contributed by atoms with E-state index in [0.717, 1.165) is 5.56 Å². The van der Waals surface area contributed by atoms with Gasteiger partial charge in [0, 0.05) is 5.56 Å². The van der Waals surface area contributed by atoms with Crippen LogP contribution >= 0.6 is 0 Å². The first-order valence-corrected chi connectivity index (χ1v) is 8.53. The van der Waals surface area contributed by atoms with Gasteiger partial charge >= 0.3 is 0 Å². The van der Waals surface area contributed by atoms with Gasteiger partial charge in [0.1, 0.15) is 17.6 Å². The molecule has 0 unspecified atom stereocenters. The van der Waals surface area contributed by atoms with Crippen molar-refractivity contribution in [2.75, 3.05) is 7.11 Å². The van der Waals surface area contributed by atoms with Crippen LogP contribution in [0.4, 0.5) is 4.39 Å². The van der Waals surface area contributed by atoms with Crippen LogP contribution < -0.4 is 10.1 Å². The Morgan fingerprint density at radius 2 is 1.96 bits per heavy atom. The Balaban J connectivity index is 1.85. The number of carbonyl (C=O) groups excluding carboxylic acids is 1. The van der Waals surface area contributed by atoms with Crippen molar-refractivity contribution in [1.29, 1.82) is 0 Å². The third-order valence-electron chi connectivity index (χ3n) is 4.11. The van der Waals surface area contributed by atoms with Crippen LogP contribution in [0.2, 0.25) is 0 Å². The van der Waals surface area contributed by atoms with Crippen LogP contribution in [0.3, 0.4) is 0 Å². The van der Waals surface area contributed by atoms with E-state index < -0.39 is 17.8 Å². The highest BCUT2D eigenvalue weighted by Crippen LogP contribution is 2.26. The van der Waals surface area contributed by atoms with E-state index in [1.807, 2.05) is 32.0 Å². The van der Waals surface area contributed by atoms with Crippen LogP contribution in [0.5, 0.6) is 5.75 Å². The van der Waals surface area contributed by atoms with Gasteiger partial charge < -0.3 is 14.6 Å². The summed E-state index contributed by atoms with van der Waals surface area (Å²) in [6, 6.07) is 12.5. The van der Waals surface area contributed by atoms with Crippen molar-refractivity contribution in [3.05, 3.63) is 65.8 Å². The monoisotopic (exact) mass is 369 g/mol. The summed E-state index contributed by atoms with van der Waals surface area (Å²) in [5.41, 5.74) is 0.697. The summed E-state index contributed by atoms with van der Waals surface area (Å²) in [4.78, 5) is 16.9. The molecule has 3 aromatic rings. The molecule has 1 N–H and O–H groups in total. The van der Waals surface area contributed by atoms with Gasteiger partial charge in [-0.05, 0) is 30.2 Å². The van der Waals surface area contributed by atoms with Gasteiger partial charge in [0.05, 0.1) is 12.7 Å². The second-order valence-electron chi connectivity index (χ2n) is 6.36. The van der Waals surface area contributed by atoms with Crippen molar-refractivity contribution < 1.29 is 18.4 Å². The molecule has 0 aliphatic carbocycles. The van der Waals surface area contributed by atoms with Gasteiger partial charge in [-0.2, -0.15) is 4.98 Å². The molecule has 27 heavy (non-hydrogen) atoms. The maximum Gasteiger partial charge on any atom is 0.254 e. The third kappa shape index (κ3) is 4.13. The number of hydrogen-bond acceptors (Lipinski definition) is 5. The molecule has 0 radical (unpaired) electrons. The SMILES string of the molecule is COc1cccc(-c2noc([C@@H](NC(=O)c3ccccc3F)C(C)C)n2)c1. The minimum absolute atomic E-state index is 0.0318. The molecule has 0 aliphatic heterocycles. The van der Waals surface area contributed by atoms with E-state index in [4.69, 9.17) is 9.26 Å². The van der Waals surface area contributed by atoms with E-state index in [0.29, 0.717) is 11.6 Å². The minimum Gasteiger partial charge on any atom is -0.497 e. The molecule has 0 saturated heterocycles. The van der Waals surface area contributed by atoms with Gasteiger partial charge in [-0.3, -0.25) is 4.79 Å². The molecule has 1 amide bonds. The predicted molar refractivity (Wildman–Crippen MR) is 97.7 cm³/mol. The molecular formula is C20H20FN3O3. The number of carbonyl (C=O) groups is 1. The molecule has 0 fully saturated rings. The molecule has 140 valence electrons. The average Bonchev–Trinajstić information content (AvgIpc) is 3.16. The number of hydrogen-bond donors (Lipinski definition) is 1. The van der Waals surface area contributed by atoms with Gasteiger partial charge in [-0.15, -0.1) is 0 Å². The van der Waals surface area contributed by atoms with Crippen molar-refractivity contribution in [3.63, 3.8) is 0 Å². The Bertz CT molecular complexity index is 939. The summed E-state index contributed by atoms with van der Waals surface area (Å²) in [6.45, 7) is 3.81. The van der Waals surface area contributed by atoms with E-state index in [1.54, 1.807) is 19.2 Å². The summed E-state index contributed by atoms with van der Waals surface area (Å²) in [5.74, 6) is 0.154. The summed E-state index contributed by atoms with van der Waals surface area (Å²) in [5, 5.41) is 6.77. The van der Waals surface area contributed by atoms with E-state index in [-0.39, 0.29) is 17.4 Å². The van der Waals surface area contributed by atoms with Crippen LogP contribution in [0, 0.1) is 11.7 Å². The maximum absolute atomic E-state index is 13.9. The summed E-state index contributed by atoms with van der Waals surface area (Å²) >= 11 is 0. The van der Waals surface area contributed by atoms with Crippen LogP contribution in [0.15, 0.2) is 53.1 Å². The Labute approximate surface area is 156 Å². The van der Waals surface area contributed by atoms with Crippen molar-refractivity contribution in [3.8, 4) is 17.1 Å². The Morgan fingerprint density at radius 3 is 2.67 bits per heavy atom. The fraction of sp³-hybridized carbons (Fsp3) is 0.250. The zero-order valence-electron chi connectivity index (χ0n) is 15.3. The summed E-state index contributed by atoms with van der Waals surface area (Å²) < 4.78 is 24.4. The molecule has 0 saturated carbocycles. The van der Waals surface area contributed by atoms with Crippen molar-refractivity contribution >= 4 is 5.91 Å². The van der Waals surface area contributed by atoms with E-state index in [1.165, 1.54) is 18.2 Å². The highest BCUT2D eigenvalue weighted by molar-refractivity contribution is 5.94. The summed E-state index contributed by atoms with van der Waals surface area (Å²) in [6.07, 6.45) is 0. The van der Waals surface area contributed by atoms with Crippen molar-refractivity contribution in [2.45, 2.75) is 19.9 Å². The van der Waals surface area contributed by atoms with Gasteiger partial charge in [0.25, 0.3) is 5.91 Å². The van der Waals surface area contributed by atoms with E-state index in [9.17, 15) is 9.18 Å². The smallest absolute Gasteiger partial charge is 0.254 e. The molecule has 6 nitrogen and oxygen atoms in total. The van der Waals surface area contributed by atoms with Crippen LogP contribution in [-0.2, 0) is 0 Å². The van der Waals surface area contributed by atoms with Gasteiger partial charge in [-0.1, -0.05) is 43.3 Å². The highest BCUT2D eigenvalue weighted by Gasteiger charge is 2.26. The Morgan fingerprint density at radius 1 is 1.19 bits per heavy atom. The fourth-order valence-electron chi connectivity index (χ4n) is 2.62. The lowest BCUT2D eigenvalue weighted by molar-refractivity contribution is 0.0910. The lowest BCUT2D eigenvalue weighted by atomic mass is 10.0. The van der Waals surface area contributed by atoms with Crippen LogP contribution in [0.1, 0.15) is 36.1 Å². The maximum atomic E-state index is 13.9. The summed E-state index contributed by atoms with van der Waals surface area (Å²) in [7, 11) is 1.58. The molecule has 0 bridgehead atoms. The number of aromatic nitrogens is 2. The Hall–Kier alpha value is -3.22. The van der Waals surface area contributed by atoms with Crippen LogP contribution in [0.25, 0.3) is 11.4 Å². The van der Waals surface area contributed by atoms with Crippen LogP contribution in [-0.4, -0.2) is 23.2 Å². The fourth-order valence-corrected chi connectivity index (χ4v) is 2.62. The molecule has 1 aromatic heterocycles. The molecule has 2 aromatic carbocycles. The molecule has 0 spiro atoms. The van der Waals surface area contributed by atoms with E-state index >= 15 is 0 Å². The first-order chi connectivity index (χ1) is 13.0. The van der Waals surface area contributed by atoms with Crippen molar-refractivity contribution in [2.24, 2.45) is 5.92 Å². The lowest BCUT2D eigenvalue weighted by Gasteiger charge is -2.18. The average molecular weight is 369 g/mol. The number of nitrogens with one attached hydrogen (secondary N) is 1. The number of ether oxygens (including phenoxy) is 1. The number of nitrogens with zero attached hydrogens (tertiary/aromatic N) is 2. The quantitative estimate of drug-likeness (QED) is 0.710.